The summed E-state index contributed by atoms with van der Waals surface area (Å²) in [6.45, 7) is 0. The van der Waals surface area contributed by atoms with Crippen LogP contribution in [0.4, 0.5) is 9.59 Å². The van der Waals surface area contributed by atoms with Crippen LogP contribution in [0.25, 0.3) is 0 Å². The summed E-state index contributed by atoms with van der Waals surface area (Å²) >= 11 is 0. The number of hydrogen-bond donors (Lipinski definition) is 2. The molecular weight excluding hydrogens is 147 g/mol. The van der Waals surface area contributed by atoms with Crippen molar-refractivity contribution < 1.29 is 19.3 Å². The van der Waals surface area contributed by atoms with Gasteiger partial charge in [-0.1, -0.05) is 0 Å². The fourth-order valence-electron chi connectivity index (χ4n) is 0.116. The number of hydroxylamine groups is 1. The highest BCUT2D eigenvalue weighted by Gasteiger charge is 1.99. The minimum atomic E-state index is -1.04. The summed E-state index contributed by atoms with van der Waals surface area (Å²) in [5.74, 6) is 4.35. The summed E-state index contributed by atoms with van der Waals surface area (Å²) in [5.41, 5.74) is 0.839. The van der Waals surface area contributed by atoms with Crippen molar-refractivity contribution in [2.75, 3.05) is 0 Å². The molecule has 0 rings (SSSR count). The molecule has 0 aromatic heterocycles. The van der Waals surface area contributed by atoms with Crippen molar-refractivity contribution >= 4 is 21.0 Å². The van der Waals surface area contributed by atoms with Crippen LogP contribution in [-0.2, 0) is 9.68 Å². The highest BCUT2D eigenvalue weighted by atomic mass is 31.0. The zero-order chi connectivity index (χ0) is 7.28. The number of rotatable bonds is 0. The molecule has 0 spiro atoms. The lowest BCUT2D eigenvalue weighted by Gasteiger charge is -1.98. The van der Waals surface area contributed by atoms with Gasteiger partial charge in [-0.05, 0) is 9.24 Å². The van der Waals surface area contributed by atoms with Crippen molar-refractivity contribution in [1.82, 2.24) is 5.48 Å². The van der Waals surface area contributed by atoms with Gasteiger partial charge in [0.05, 0.1) is 0 Å². The molecule has 52 valence electrons. The van der Waals surface area contributed by atoms with Crippen LogP contribution in [0.1, 0.15) is 0 Å². The highest BCUT2D eigenvalue weighted by Crippen LogP contribution is 1.86. The quantitative estimate of drug-likeness (QED) is 0.361. The lowest BCUT2D eigenvalue weighted by Crippen LogP contribution is -2.27. The zero-order valence-corrected chi connectivity index (χ0v) is 5.44. The largest absolute Gasteiger partial charge is 0.459 e. The van der Waals surface area contributed by atoms with E-state index in [9.17, 15) is 9.59 Å². The number of carbonyl (C=O) groups is 2. The van der Waals surface area contributed by atoms with Crippen molar-refractivity contribution in [2.24, 2.45) is 5.90 Å². The predicted molar refractivity (Wildman–Crippen MR) is 30.0 cm³/mol. The van der Waals surface area contributed by atoms with Crippen molar-refractivity contribution in [3.63, 3.8) is 0 Å². The number of hydrogen-bond acceptors (Lipinski definition) is 5. The van der Waals surface area contributed by atoms with Crippen LogP contribution in [0.15, 0.2) is 0 Å². The summed E-state index contributed by atoms with van der Waals surface area (Å²) in [5, 5.41) is 0. The van der Waals surface area contributed by atoms with Crippen LogP contribution in [0.3, 0.4) is 0 Å². The fourth-order valence-corrected chi connectivity index (χ4v) is 0.175. The molecule has 0 radical (unpaired) electrons. The average Bonchev–Trinajstić information content (AvgIpc) is 1.83. The molecular formula is C2H5N2O4P. The Kier molecular flexibility index (Phi) is 3.66. The molecule has 0 aromatic rings. The second-order valence-corrected chi connectivity index (χ2v) is 1.40. The molecule has 3 N–H and O–H groups in total. The van der Waals surface area contributed by atoms with Crippen LogP contribution >= 0.6 is 9.24 Å². The molecule has 0 saturated heterocycles. The van der Waals surface area contributed by atoms with E-state index in [2.05, 4.69) is 15.6 Å². The third kappa shape index (κ3) is 4.99. The molecule has 0 bridgehead atoms. The maximum absolute atomic E-state index is 9.97. The minimum absolute atomic E-state index is 0.736. The van der Waals surface area contributed by atoms with Crippen molar-refractivity contribution in [2.45, 2.75) is 0 Å². The van der Waals surface area contributed by atoms with E-state index >= 15 is 0 Å². The number of amides is 1. The van der Waals surface area contributed by atoms with Crippen LogP contribution in [0.5, 0.6) is 0 Å². The molecule has 6 nitrogen and oxygen atoms in total. The van der Waals surface area contributed by atoms with E-state index in [4.69, 9.17) is 0 Å². The second kappa shape index (κ2) is 4.05. The lowest BCUT2D eigenvalue weighted by atomic mass is 11.3. The van der Waals surface area contributed by atoms with E-state index in [0.29, 0.717) is 0 Å². The molecule has 0 aliphatic heterocycles. The number of nitrogens with two attached hydrogens (primary N) is 1. The summed E-state index contributed by atoms with van der Waals surface area (Å²) in [7, 11) is 1.67. The smallest absolute Gasteiger partial charge is 0.355 e. The number of nitrogens with one attached hydrogen (secondary N) is 1. The van der Waals surface area contributed by atoms with E-state index in [-0.39, 0.29) is 0 Å². The van der Waals surface area contributed by atoms with E-state index < -0.39 is 11.8 Å². The van der Waals surface area contributed by atoms with Crippen LogP contribution < -0.4 is 11.4 Å². The second-order valence-electron chi connectivity index (χ2n) is 0.928. The van der Waals surface area contributed by atoms with Crippen LogP contribution in [0.2, 0.25) is 0 Å². The van der Waals surface area contributed by atoms with Gasteiger partial charge in [-0.25, -0.2) is 9.59 Å². The van der Waals surface area contributed by atoms with E-state index in [0.717, 1.165) is 0 Å². The Morgan fingerprint density at radius 1 is 1.56 bits per heavy atom. The Labute approximate surface area is 52.8 Å². The van der Waals surface area contributed by atoms with E-state index in [1.165, 1.54) is 0 Å². The van der Waals surface area contributed by atoms with Gasteiger partial charge < -0.3 is 9.68 Å². The maximum atomic E-state index is 9.97. The normalized spacial score (nSPS) is 7.78. The molecule has 1 unspecified atom stereocenters. The third-order valence-electron chi connectivity index (χ3n) is 0.342. The Bertz CT molecular complexity index is 126. The first-order valence-corrected chi connectivity index (χ1v) is 2.37. The first-order chi connectivity index (χ1) is 4.16. The molecule has 0 heterocycles. The standard InChI is InChI=1S/C2H5N2O4P/c3-7-1(5)4-8-2(6)9/h3,9H2,(H,4,5). The third-order valence-corrected chi connectivity index (χ3v) is 0.460. The molecule has 9 heavy (non-hydrogen) atoms. The summed E-state index contributed by atoms with van der Waals surface area (Å²) < 4.78 is 0. The SMILES string of the molecule is NOC(=O)NOC(=O)P. The molecule has 0 saturated carbocycles. The number of carbonyl (C=O) groups excluding carboxylic acids is 2. The van der Waals surface area contributed by atoms with Gasteiger partial charge in [-0.15, -0.1) is 5.48 Å². The zero-order valence-electron chi connectivity index (χ0n) is 4.29. The van der Waals surface area contributed by atoms with Gasteiger partial charge in [-0.2, -0.15) is 5.90 Å². The van der Waals surface area contributed by atoms with Gasteiger partial charge in [-0.3, -0.25) is 0 Å². The first kappa shape index (κ1) is 8.13. The highest BCUT2D eigenvalue weighted by molar-refractivity contribution is 7.39. The Hall–Kier alpha value is -0.870. The van der Waals surface area contributed by atoms with Gasteiger partial charge in [0.15, 0.2) is 0 Å². The van der Waals surface area contributed by atoms with Crippen LogP contribution in [-0.4, -0.2) is 11.8 Å². The molecule has 0 aliphatic carbocycles. The monoisotopic (exact) mass is 152 g/mol. The molecule has 0 aliphatic rings. The molecule has 1 amide bonds. The molecule has 1 atom stereocenters. The van der Waals surface area contributed by atoms with Gasteiger partial charge in [0, 0.05) is 0 Å². The molecule has 7 heteroatoms. The Morgan fingerprint density at radius 3 is 2.44 bits per heavy atom. The average molecular weight is 152 g/mol. The van der Waals surface area contributed by atoms with Crippen LogP contribution in [0, 0.1) is 0 Å². The summed E-state index contributed by atoms with van der Waals surface area (Å²) in [4.78, 5) is 27.3. The van der Waals surface area contributed by atoms with Crippen molar-refractivity contribution in [3.05, 3.63) is 0 Å². The Balaban J connectivity index is 3.28. The maximum Gasteiger partial charge on any atom is 0.459 e. The van der Waals surface area contributed by atoms with Crippen molar-refractivity contribution in [1.29, 1.82) is 0 Å². The lowest BCUT2D eigenvalue weighted by molar-refractivity contribution is 0.0764. The summed E-state index contributed by atoms with van der Waals surface area (Å²) in [6.07, 6.45) is -1.04. The predicted octanol–water partition coefficient (Wildman–Crippen LogP) is -0.487. The van der Waals surface area contributed by atoms with E-state index in [1.54, 1.807) is 14.7 Å². The van der Waals surface area contributed by atoms with Gasteiger partial charge >= 0.3 is 11.8 Å². The molecule has 0 aromatic carbocycles. The molecule has 0 fully saturated rings. The Morgan fingerprint density at radius 2 is 2.11 bits per heavy atom. The van der Waals surface area contributed by atoms with Crippen molar-refractivity contribution in [3.8, 4) is 0 Å². The first-order valence-electron chi connectivity index (χ1n) is 1.79. The van der Waals surface area contributed by atoms with Gasteiger partial charge in [0.2, 0.25) is 0 Å². The van der Waals surface area contributed by atoms with E-state index in [1.807, 2.05) is 0 Å². The van der Waals surface area contributed by atoms with Gasteiger partial charge in [0.25, 0.3) is 0 Å². The topological polar surface area (TPSA) is 90.7 Å². The summed E-state index contributed by atoms with van der Waals surface area (Å²) in [6, 6.07) is 0. The fraction of sp³-hybridized carbons (Fsp3) is 0. The minimum Gasteiger partial charge on any atom is -0.355 e. The van der Waals surface area contributed by atoms with Gasteiger partial charge in [0.1, 0.15) is 0 Å².